The Balaban J connectivity index is 0.000000232. The number of ether oxygens (including phenoxy) is 4. The number of unbranched alkanes of at least 4 members (excludes halogenated alkanes) is 2. The van der Waals surface area contributed by atoms with Crippen LogP contribution in [0.5, 0.6) is 5.75 Å². The molecule has 3 saturated heterocycles. The van der Waals surface area contributed by atoms with Crippen molar-refractivity contribution in [3.05, 3.63) is 79.4 Å². The van der Waals surface area contributed by atoms with Gasteiger partial charge in [0.1, 0.15) is 24.6 Å². The Kier molecular flexibility index (Phi) is 16.1. The SMILES string of the molecule is CCCCCOC(=O)Nc1nc(=O)n([C@@H]2O[C@H](C)[C@@H](O)[C@H]2O)cc1F.CCc1c2c(nc3ccc(OC(=O)N4CCC(N5CCCCC5)CC4)cc13)-c1cc3c(c(=O)n1C2)COC(=O)[C@]3(O)CC.Cl. The van der Waals surface area contributed by atoms with E-state index in [2.05, 4.69) is 22.1 Å². The number of rotatable bonds is 10. The van der Waals surface area contributed by atoms with Crippen molar-refractivity contribution in [3.8, 4) is 17.1 Å². The number of nitrogens with one attached hydrogen (secondary N) is 1. The third-order valence-electron chi connectivity index (χ3n) is 13.8. The molecule has 9 rings (SSSR count). The highest BCUT2D eigenvalue weighted by molar-refractivity contribution is 5.90. The number of aryl methyl sites for hydroxylation is 1. The van der Waals surface area contributed by atoms with E-state index >= 15 is 0 Å². The van der Waals surface area contributed by atoms with Crippen LogP contribution in [0.2, 0.25) is 0 Å². The molecule has 21 heteroatoms. The Hall–Kier alpha value is -5.51. The predicted octanol–water partition coefficient (Wildman–Crippen LogP) is 5.27. The number of aliphatic hydroxyl groups excluding tert-OH is 2. The maximum absolute atomic E-state index is 14.1. The lowest BCUT2D eigenvalue weighted by atomic mass is 9.86. The van der Waals surface area contributed by atoms with Crippen LogP contribution < -0.4 is 21.3 Å². The first-order valence-corrected chi connectivity index (χ1v) is 23.7. The summed E-state index contributed by atoms with van der Waals surface area (Å²) >= 11 is 0. The van der Waals surface area contributed by atoms with E-state index in [-0.39, 0.29) is 43.7 Å². The van der Waals surface area contributed by atoms with Crippen molar-refractivity contribution < 1.29 is 53.0 Å². The summed E-state index contributed by atoms with van der Waals surface area (Å²) < 4.78 is 37.7. The molecule has 0 spiro atoms. The van der Waals surface area contributed by atoms with Crippen molar-refractivity contribution in [3.63, 3.8) is 0 Å². The molecule has 8 heterocycles. The number of aromatic nitrogens is 4. The van der Waals surface area contributed by atoms with Crippen LogP contribution in [-0.4, -0.2) is 120 Å². The summed E-state index contributed by atoms with van der Waals surface area (Å²) in [5.74, 6) is -1.85. The van der Waals surface area contributed by atoms with Crippen LogP contribution in [0.25, 0.3) is 22.3 Å². The molecule has 4 N–H and O–H groups in total. The summed E-state index contributed by atoms with van der Waals surface area (Å²) in [5.41, 5.74) is 1.43. The second kappa shape index (κ2) is 21.6. The van der Waals surface area contributed by atoms with Crippen molar-refractivity contribution in [2.45, 2.75) is 141 Å². The summed E-state index contributed by atoms with van der Waals surface area (Å²) in [6.07, 6.45) is 4.01. The number of pyridine rings is 2. The number of hydrogen-bond acceptors (Lipinski definition) is 15. The van der Waals surface area contributed by atoms with Gasteiger partial charge in [-0.15, -0.1) is 12.4 Å². The van der Waals surface area contributed by atoms with Gasteiger partial charge in [-0.05, 0) is 94.8 Å². The van der Waals surface area contributed by atoms with Crippen molar-refractivity contribution in [1.29, 1.82) is 0 Å². The molecule has 3 aromatic heterocycles. The van der Waals surface area contributed by atoms with Gasteiger partial charge in [0.15, 0.2) is 23.5 Å². The van der Waals surface area contributed by atoms with E-state index in [4.69, 9.17) is 23.9 Å². The van der Waals surface area contributed by atoms with E-state index in [1.165, 1.54) is 39.3 Å². The van der Waals surface area contributed by atoms with Gasteiger partial charge in [-0.25, -0.2) is 28.6 Å². The molecule has 0 saturated carbocycles. The number of anilines is 1. The fourth-order valence-corrected chi connectivity index (χ4v) is 9.89. The molecule has 69 heavy (non-hydrogen) atoms. The van der Waals surface area contributed by atoms with E-state index in [0.29, 0.717) is 66.8 Å². The Labute approximate surface area is 403 Å². The van der Waals surface area contributed by atoms with E-state index in [1.807, 2.05) is 24.0 Å². The van der Waals surface area contributed by atoms with Crippen molar-refractivity contribution in [2.75, 3.05) is 38.1 Å². The molecular formula is C48H61ClFN7O12. The van der Waals surface area contributed by atoms with Gasteiger partial charge in [-0.3, -0.25) is 14.7 Å². The number of benzene rings is 1. The number of carbonyl (C=O) groups excluding carboxylic acids is 3. The Morgan fingerprint density at radius 2 is 1.71 bits per heavy atom. The molecule has 1 aromatic carbocycles. The average molecular weight is 983 g/mol. The Bertz CT molecular complexity index is 2690. The van der Waals surface area contributed by atoms with Gasteiger partial charge in [-0.2, -0.15) is 4.98 Å². The molecule has 19 nitrogen and oxygen atoms in total. The largest absolute Gasteiger partial charge is 0.458 e. The van der Waals surface area contributed by atoms with Crippen LogP contribution in [0.4, 0.5) is 19.8 Å². The lowest BCUT2D eigenvalue weighted by molar-refractivity contribution is -0.172. The number of halogens is 2. The first kappa shape index (κ1) is 51.3. The van der Waals surface area contributed by atoms with Gasteiger partial charge in [-0.1, -0.05) is 40.0 Å². The number of aliphatic hydroxyl groups is 3. The number of esters is 1. The van der Waals surface area contributed by atoms with Crippen LogP contribution in [0, 0.1) is 5.82 Å². The van der Waals surface area contributed by atoms with Gasteiger partial charge in [0, 0.05) is 35.6 Å². The lowest BCUT2D eigenvalue weighted by Gasteiger charge is -2.39. The maximum Gasteiger partial charge on any atom is 0.415 e. The summed E-state index contributed by atoms with van der Waals surface area (Å²) in [6, 6.07) is 7.77. The first-order chi connectivity index (χ1) is 32.7. The Morgan fingerprint density at radius 3 is 2.38 bits per heavy atom. The third kappa shape index (κ3) is 10.2. The van der Waals surface area contributed by atoms with Crippen molar-refractivity contribution >= 4 is 47.3 Å². The molecule has 5 atom stereocenters. The monoisotopic (exact) mass is 981 g/mol. The second-order valence-corrected chi connectivity index (χ2v) is 18.0. The zero-order valence-electron chi connectivity index (χ0n) is 39.3. The summed E-state index contributed by atoms with van der Waals surface area (Å²) in [6.45, 7) is 11.3. The molecule has 374 valence electrons. The van der Waals surface area contributed by atoms with Gasteiger partial charge in [0.2, 0.25) is 0 Å². The zero-order chi connectivity index (χ0) is 48.4. The van der Waals surface area contributed by atoms with Crippen LogP contribution in [0.15, 0.2) is 40.1 Å². The quantitative estimate of drug-likeness (QED) is 0.103. The minimum atomic E-state index is -1.86. The minimum Gasteiger partial charge on any atom is -0.458 e. The normalized spacial score (nSPS) is 23.2. The molecule has 2 amide bonds. The fourth-order valence-electron chi connectivity index (χ4n) is 9.89. The second-order valence-electron chi connectivity index (χ2n) is 18.0. The highest BCUT2D eigenvalue weighted by Crippen LogP contribution is 2.41. The van der Waals surface area contributed by atoms with Crippen LogP contribution in [0.1, 0.15) is 114 Å². The number of fused-ring (bicyclic) bond motifs is 5. The summed E-state index contributed by atoms with van der Waals surface area (Å²) in [4.78, 5) is 75.6. The Morgan fingerprint density at radius 1 is 0.971 bits per heavy atom. The molecule has 5 aliphatic heterocycles. The van der Waals surface area contributed by atoms with E-state index < -0.39 is 59.5 Å². The molecule has 0 bridgehead atoms. The molecular weight excluding hydrogens is 921 g/mol. The molecule has 3 fully saturated rings. The average Bonchev–Trinajstić information content (AvgIpc) is 3.84. The maximum atomic E-state index is 14.1. The van der Waals surface area contributed by atoms with E-state index in [0.717, 1.165) is 58.5 Å². The topological polar surface area (TPSA) is 237 Å². The summed E-state index contributed by atoms with van der Waals surface area (Å²) in [7, 11) is 0. The predicted molar refractivity (Wildman–Crippen MR) is 252 cm³/mol. The lowest BCUT2D eigenvalue weighted by Crippen LogP contribution is -2.48. The minimum absolute atomic E-state index is 0. The number of nitrogens with zero attached hydrogens (tertiary/aromatic N) is 6. The highest BCUT2D eigenvalue weighted by Gasteiger charge is 2.46. The standard InChI is InChI=1S/C33H38N4O6.C15H22FN3O6.ClH/c1-3-22-23-16-21(43-32(40)36-14-10-20(11-15-36)35-12-6-5-7-13-35)8-9-27(23)34-29-24(22)18-37-28(29)17-26-25(30(37)38)19-42-31(39)33(26,41)4-2;1-3-4-5-6-24-15(23)18-12-9(16)7-19(14(22)17-12)13-11(21)10(20)8(2)25-13;/h8-9,16-17,20,41H,3-7,10-15,18-19H2,1-2H3;7-8,10-11,13,20-21H,3-6H2,1-2H3,(H,17,18,22,23);1H/t33-;8-,10-,11-,13-;/m01./s1. The smallest absolute Gasteiger partial charge is 0.415 e. The van der Waals surface area contributed by atoms with Gasteiger partial charge in [0.05, 0.1) is 47.9 Å². The van der Waals surface area contributed by atoms with Gasteiger partial charge >= 0.3 is 23.8 Å². The number of cyclic esters (lactones) is 1. The van der Waals surface area contributed by atoms with E-state index in [1.54, 1.807) is 23.6 Å². The summed E-state index contributed by atoms with van der Waals surface area (Å²) in [5, 5.41) is 33.6. The van der Waals surface area contributed by atoms with Crippen LogP contribution in [-0.2, 0) is 44.2 Å². The molecule has 4 aromatic rings. The first-order valence-electron chi connectivity index (χ1n) is 23.7. The molecule has 0 unspecified atom stereocenters. The molecule has 0 aliphatic carbocycles. The number of piperidine rings is 2. The number of carbonyl (C=O) groups is 3. The van der Waals surface area contributed by atoms with Crippen molar-refractivity contribution in [2.24, 2.45) is 0 Å². The van der Waals surface area contributed by atoms with Gasteiger partial charge < -0.3 is 48.6 Å². The molecule has 0 radical (unpaired) electrons. The van der Waals surface area contributed by atoms with E-state index in [9.17, 15) is 43.7 Å². The number of hydrogen-bond donors (Lipinski definition) is 4. The fraction of sp³-hybridized carbons (Fsp3) is 0.562. The number of likely N-dealkylation sites (tertiary alicyclic amines) is 2. The number of amides is 2. The highest BCUT2D eigenvalue weighted by atomic mass is 35.5. The third-order valence-corrected chi connectivity index (χ3v) is 13.8. The van der Waals surface area contributed by atoms with Crippen LogP contribution >= 0.6 is 12.4 Å². The molecule has 5 aliphatic rings. The van der Waals surface area contributed by atoms with Crippen molar-refractivity contribution in [1.82, 2.24) is 28.9 Å². The van der Waals surface area contributed by atoms with Gasteiger partial charge in [0.25, 0.3) is 5.56 Å². The van der Waals surface area contributed by atoms with Crippen LogP contribution in [0.3, 0.4) is 0 Å². The zero-order valence-corrected chi connectivity index (χ0v) is 40.1.